The van der Waals surface area contributed by atoms with Gasteiger partial charge in [-0.25, -0.2) is 0 Å². The topological polar surface area (TPSA) is 328 Å². The Labute approximate surface area is 249 Å². The summed E-state index contributed by atoms with van der Waals surface area (Å²) in [5.74, 6) is 0. The van der Waals surface area contributed by atoms with Crippen LogP contribution in [0.2, 0.25) is 0 Å². The highest BCUT2D eigenvalue weighted by Crippen LogP contribution is 2.34. The van der Waals surface area contributed by atoms with E-state index in [2.05, 4.69) is 0 Å². The maximum atomic E-state index is 11.0. The van der Waals surface area contributed by atoms with Crippen molar-refractivity contribution in [3.05, 3.63) is 0 Å². The van der Waals surface area contributed by atoms with Crippen molar-refractivity contribution in [2.24, 2.45) is 0 Å². The number of hydrogen-bond donors (Lipinski definition) is 13. The first-order chi connectivity index (χ1) is 20.7. The van der Waals surface area contributed by atoms with Crippen LogP contribution in [0.3, 0.4) is 0 Å². The zero-order valence-corrected chi connectivity index (χ0v) is 23.3. The molecule has 4 heterocycles. The number of ether oxygens (including phenoxy) is 7. The van der Waals surface area contributed by atoms with Crippen LogP contribution in [0.15, 0.2) is 0 Å². The zero-order valence-electron chi connectivity index (χ0n) is 23.3. The molecule has 20 nitrogen and oxygen atoms in total. The van der Waals surface area contributed by atoms with Gasteiger partial charge >= 0.3 is 0 Å². The molecule has 0 saturated carbocycles. The van der Waals surface area contributed by atoms with Gasteiger partial charge in [0.25, 0.3) is 0 Å². The van der Waals surface area contributed by atoms with Crippen molar-refractivity contribution in [3.63, 3.8) is 0 Å². The summed E-state index contributed by atoms with van der Waals surface area (Å²) in [5.41, 5.74) is 0. The minimum Gasteiger partial charge on any atom is -0.394 e. The maximum absolute atomic E-state index is 11.0. The summed E-state index contributed by atoms with van der Waals surface area (Å²) in [6, 6.07) is 0. The SMILES string of the molecule is C[C@H]1O[C@@H](O)[C@H](OC2O[C@H](CO)[C@@H](O)[C@H](O)[C@H]2O)[C@@H](O[C@@H]2O[C@H](CO)[C@@H](O)[C@H](O)[C@H]2OC2O[C@H](CO)[C@@H](O)[C@H](O)[C@H]2O)[C@H]1O. The molecule has 0 aromatic rings. The normalized spacial score (nSPS) is 53.9. The second-order valence-corrected chi connectivity index (χ2v) is 11.1. The summed E-state index contributed by atoms with van der Waals surface area (Å²) in [7, 11) is 0. The molecule has 258 valence electrons. The van der Waals surface area contributed by atoms with Gasteiger partial charge < -0.3 is 99.5 Å². The fourth-order valence-corrected chi connectivity index (χ4v) is 5.44. The number of aliphatic hydroxyl groups excluding tert-OH is 13. The van der Waals surface area contributed by atoms with Gasteiger partial charge in [-0.2, -0.15) is 0 Å². The third kappa shape index (κ3) is 7.05. The molecule has 0 aromatic heterocycles. The van der Waals surface area contributed by atoms with Gasteiger partial charge in [-0.05, 0) is 6.92 Å². The first kappa shape index (κ1) is 36.0. The number of aliphatic hydroxyl groups is 13. The van der Waals surface area contributed by atoms with Crippen LogP contribution in [0.5, 0.6) is 0 Å². The molecule has 0 amide bonds. The lowest BCUT2D eigenvalue weighted by molar-refractivity contribution is -0.400. The molecule has 20 heteroatoms. The number of hydrogen-bond acceptors (Lipinski definition) is 20. The maximum Gasteiger partial charge on any atom is 0.187 e. The summed E-state index contributed by atoms with van der Waals surface area (Å²) >= 11 is 0. The third-order valence-electron chi connectivity index (χ3n) is 8.17. The highest BCUT2D eigenvalue weighted by Gasteiger charge is 2.55. The first-order valence-corrected chi connectivity index (χ1v) is 14.0. The Bertz CT molecular complexity index is 898. The first-order valence-electron chi connectivity index (χ1n) is 14.0. The van der Waals surface area contributed by atoms with E-state index in [4.69, 9.17) is 33.2 Å². The molecular formula is C24H42O20. The average Bonchev–Trinajstić information content (AvgIpc) is 3.00. The second kappa shape index (κ2) is 15.0. The Morgan fingerprint density at radius 1 is 0.409 bits per heavy atom. The van der Waals surface area contributed by atoms with Crippen LogP contribution in [-0.2, 0) is 33.2 Å². The van der Waals surface area contributed by atoms with Crippen molar-refractivity contribution in [1.29, 1.82) is 0 Å². The van der Waals surface area contributed by atoms with Gasteiger partial charge in [0.05, 0.1) is 25.9 Å². The van der Waals surface area contributed by atoms with E-state index in [-0.39, 0.29) is 0 Å². The van der Waals surface area contributed by atoms with E-state index in [0.717, 1.165) is 0 Å². The molecule has 4 rings (SSSR count). The van der Waals surface area contributed by atoms with Gasteiger partial charge in [0.2, 0.25) is 0 Å². The van der Waals surface area contributed by atoms with Crippen LogP contribution in [0.25, 0.3) is 0 Å². The molecule has 13 N–H and O–H groups in total. The molecule has 4 aliphatic heterocycles. The Hall–Kier alpha value is -0.800. The van der Waals surface area contributed by atoms with Crippen LogP contribution >= 0.6 is 0 Å². The molecule has 0 radical (unpaired) electrons. The van der Waals surface area contributed by atoms with E-state index < -0.39 is 143 Å². The minimum absolute atomic E-state index is 0.802. The van der Waals surface area contributed by atoms with Gasteiger partial charge in [-0.3, -0.25) is 0 Å². The lowest BCUT2D eigenvalue weighted by Crippen LogP contribution is -2.67. The molecule has 4 fully saturated rings. The fourth-order valence-electron chi connectivity index (χ4n) is 5.44. The van der Waals surface area contributed by atoms with E-state index in [9.17, 15) is 66.4 Å². The summed E-state index contributed by atoms with van der Waals surface area (Å²) in [6.07, 6.45) is -34.8. The van der Waals surface area contributed by atoms with Crippen molar-refractivity contribution in [3.8, 4) is 0 Å². The van der Waals surface area contributed by atoms with E-state index in [1.165, 1.54) is 6.92 Å². The highest BCUT2D eigenvalue weighted by atomic mass is 16.8. The van der Waals surface area contributed by atoms with Crippen LogP contribution < -0.4 is 0 Å². The summed E-state index contributed by atoms with van der Waals surface area (Å²) in [4.78, 5) is 0. The Morgan fingerprint density at radius 2 is 0.795 bits per heavy atom. The smallest absolute Gasteiger partial charge is 0.187 e. The molecule has 2 unspecified atom stereocenters. The van der Waals surface area contributed by atoms with Crippen molar-refractivity contribution in [2.75, 3.05) is 19.8 Å². The zero-order chi connectivity index (χ0) is 32.6. The third-order valence-corrected chi connectivity index (χ3v) is 8.17. The van der Waals surface area contributed by atoms with E-state index >= 15 is 0 Å². The Balaban J connectivity index is 1.60. The van der Waals surface area contributed by atoms with E-state index in [1.54, 1.807) is 0 Å². The van der Waals surface area contributed by atoms with Gasteiger partial charge in [-0.1, -0.05) is 0 Å². The summed E-state index contributed by atoms with van der Waals surface area (Å²) in [6.45, 7) is -1.13. The Kier molecular flexibility index (Phi) is 12.3. The van der Waals surface area contributed by atoms with Crippen LogP contribution in [0.1, 0.15) is 6.92 Å². The number of rotatable bonds is 9. The summed E-state index contributed by atoms with van der Waals surface area (Å²) < 4.78 is 38.6. The molecule has 0 spiro atoms. The fraction of sp³-hybridized carbons (Fsp3) is 1.00. The molecule has 0 aromatic carbocycles. The molecule has 44 heavy (non-hydrogen) atoms. The molecular weight excluding hydrogens is 608 g/mol. The van der Waals surface area contributed by atoms with Crippen molar-refractivity contribution in [1.82, 2.24) is 0 Å². The largest absolute Gasteiger partial charge is 0.394 e. The average molecular weight is 651 g/mol. The minimum atomic E-state index is -1.96. The van der Waals surface area contributed by atoms with Crippen molar-refractivity contribution >= 4 is 0 Å². The molecule has 4 saturated heterocycles. The molecule has 0 aliphatic carbocycles. The predicted octanol–water partition coefficient (Wildman–Crippen LogP) is -8.72. The standard InChI is InChI=1S/C24H42O20/c1-5-9(28)18(20(21(37)38-5)44-23-17(36)14(33)11(30)7(3-26)40-23)42-24-19(15(34)12(31)8(4-27)41-24)43-22-16(35)13(32)10(29)6(2-25)39-22/h5-37H,2-4H2,1H3/t5-,6-,7-,8-,9+,10-,11-,12-,13+,14+,15+,16-,17-,18+,19-,20-,21-,22?,23?,24+/m1/s1. The molecule has 0 bridgehead atoms. The van der Waals surface area contributed by atoms with E-state index in [1.807, 2.05) is 0 Å². The van der Waals surface area contributed by atoms with Gasteiger partial charge in [0.15, 0.2) is 25.2 Å². The molecule has 4 aliphatic rings. The highest BCUT2D eigenvalue weighted by molar-refractivity contribution is 4.97. The van der Waals surface area contributed by atoms with Gasteiger partial charge in [0, 0.05) is 0 Å². The quantitative estimate of drug-likeness (QED) is 0.110. The van der Waals surface area contributed by atoms with Crippen molar-refractivity contribution < 1.29 is 99.5 Å². The molecule has 20 atom stereocenters. The lowest BCUT2D eigenvalue weighted by atomic mass is 9.96. The van der Waals surface area contributed by atoms with Gasteiger partial charge in [0.1, 0.15) is 91.6 Å². The Morgan fingerprint density at radius 3 is 1.25 bits per heavy atom. The van der Waals surface area contributed by atoms with Crippen LogP contribution in [0.4, 0.5) is 0 Å². The van der Waals surface area contributed by atoms with Crippen LogP contribution in [-0.4, -0.2) is 209 Å². The van der Waals surface area contributed by atoms with E-state index in [0.29, 0.717) is 0 Å². The predicted molar refractivity (Wildman–Crippen MR) is 132 cm³/mol. The second-order valence-electron chi connectivity index (χ2n) is 11.1. The lowest BCUT2D eigenvalue weighted by Gasteiger charge is -2.49. The van der Waals surface area contributed by atoms with Crippen molar-refractivity contribution in [2.45, 2.75) is 130 Å². The summed E-state index contributed by atoms with van der Waals surface area (Å²) in [5, 5.41) is 133. The van der Waals surface area contributed by atoms with Crippen LogP contribution in [0, 0.1) is 0 Å². The monoisotopic (exact) mass is 650 g/mol. The van der Waals surface area contributed by atoms with Gasteiger partial charge in [-0.15, -0.1) is 0 Å².